The zero-order valence-corrected chi connectivity index (χ0v) is 18.3. The molecular weight excluding hydrogens is 304 g/mol. The SMILES string of the molecule is CC(C)[C@H](O[Si](C)(C)C(C)(C)C)[C@@H](C)[C@H](O)CC(=O)C(C)(C)C. The van der Waals surface area contributed by atoms with Gasteiger partial charge in [-0.25, -0.2) is 0 Å². The van der Waals surface area contributed by atoms with E-state index >= 15 is 0 Å². The van der Waals surface area contributed by atoms with Gasteiger partial charge in [-0.2, -0.15) is 0 Å². The van der Waals surface area contributed by atoms with Crippen LogP contribution in [0.4, 0.5) is 0 Å². The molecule has 4 heteroatoms. The van der Waals surface area contributed by atoms with Crippen LogP contribution in [0.5, 0.6) is 0 Å². The Morgan fingerprint density at radius 1 is 1.04 bits per heavy atom. The Labute approximate surface area is 145 Å². The topological polar surface area (TPSA) is 46.5 Å². The van der Waals surface area contributed by atoms with Crippen LogP contribution in [0.15, 0.2) is 0 Å². The Bertz CT molecular complexity index is 388. The molecule has 0 aliphatic rings. The minimum absolute atomic E-state index is 0.0290. The predicted molar refractivity (Wildman–Crippen MR) is 101 cm³/mol. The number of aliphatic hydroxyl groups is 1. The van der Waals surface area contributed by atoms with Crippen LogP contribution in [0.1, 0.15) is 68.7 Å². The molecule has 0 aromatic carbocycles. The fraction of sp³-hybridized carbons (Fsp3) is 0.947. The Morgan fingerprint density at radius 2 is 1.48 bits per heavy atom. The summed E-state index contributed by atoms with van der Waals surface area (Å²) in [5.74, 6) is 0.348. The highest BCUT2D eigenvalue weighted by Crippen LogP contribution is 2.39. The molecule has 0 aliphatic heterocycles. The maximum atomic E-state index is 12.2. The number of aliphatic hydroxyl groups excluding tert-OH is 1. The van der Waals surface area contributed by atoms with E-state index in [1.54, 1.807) is 0 Å². The van der Waals surface area contributed by atoms with E-state index in [0.717, 1.165) is 0 Å². The maximum absolute atomic E-state index is 12.2. The smallest absolute Gasteiger partial charge is 0.192 e. The van der Waals surface area contributed by atoms with Crippen molar-refractivity contribution in [3.63, 3.8) is 0 Å². The summed E-state index contributed by atoms with van der Waals surface area (Å²) < 4.78 is 6.58. The van der Waals surface area contributed by atoms with Crippen molar-refractivity contribution in [1.82, 2.24) is 0 Å². The van der Waals surface area contributed by atoms with Crippen molar-refractivity contribution in [2.45, 2.75) is 99.1 Å². The standard InChI is InChI=1S/C19H40O3Si/c1-13(2)17(22-23(10,11)19(7,8)9)14(3)15(20)12-16(21)18(4,5)6/h13-15,17,20H,12H2,1-11H3/t14-,15+,17-/m0/s1. The minimum Gasteiger partial charge on any atom is -0.413 e. The average molecular weight is 345 g/mol. The van der Waals surface area contributed by atoms with E-state index in [1.807, 2.05) is 27.7 Å². The monoisotopic (exact) mass is 344 g/mol. The Balaban J connectivity index is 5.14. The number of ketones is 1. The fourth-order valence-corrected chi connectivity index (χ4v) is 3.79. The van der Waals surface area contributed by atoms with Crippen molar-refractivity contribution in [2.24, 2.45) is 17.3 Å². The molecule has 0 bridgehead atoms. The number of hydrogen-bond donors (Lipinski definition) is 1. The van der Waals surface area contributed by atoms with Gasteiger partial charge in [0, 0.05) is 17.8 Å². The van der Waals surface area contributed by atoms with Gasteiger partial charge in [-0.15, -0.1) is 0 Å². The lowest BCUT2D eigenvalue weighted by Crippen LogP contribution is -2.49. The van der Waals surface area contributed by atoms with Gasteiger partial charge in [-0.1, -0.05) is 62.3 Å². The molecule has 0 fully saturated rings. The van der Waals surface area contributed by atoms with Crippen LogP contribution >= 0.6 is 0 Å². The molecule has 0 aromatic rings. The summed E-state index contributed by atoms with van der Waals surface area (Å²) in [6, 6.07) is 0. The number of hydrogen-bond acceptors (Lipinski definition) is 3. The molecule has 0 aromatic heterocycles. The molecular formula is C19H40O3Si. The highest BCUT2D eigenvalue weighted by atomic mass is 28.4. The summed E-state index contributed by atoms with van der Waals surface area (Å²) in [4.78, 5) is 12.2. The van der Waals surface area contributed by atoms with Gasteiger partial charge in [-0.05, 0) is 24.1 Å². The summed E-state index contributed by atoms with van der Waals surface area (Å²) in [5, 5.41) is 10.7. The molecule has 23 heavy (non-hydrogen) atoms. The highest BCUT2D eigenvalue weighted by molar-refractivity contribution is 6.74. The second-order valence-electron chi connectivity index (χ2n) is 9.89. The first-order chi connectivity index (χ1) is 10.0. The summed E-state index contributed by atoms with van der Waals surface area (Å²) in [5.41, 5.74) is -0.408. The lowest BCUT2D eigenvalue weighted by molar-refractivity contribution is -0.129. The highest BCUT2D eigenvalue weighted by Gasteiger charge is 2.42. The van der Waals surface area contributed by atoms with E-state index < -0.39 is 19.8 Å². The molecule has 0 spiro atoms. The normalized spacial score (nSPS) is 18.0. The molecule has 138 valence electrons. The lowest BCUT2D eigenvalue weighted by atomic mass is 9.82. The van der Waals surface area contributed by atoms with Crippen molar-refractivity contribution < 1.29 is 14.3 Å². The molecule has 3 atom stereocenters. The van der Waals surface area contributed by atoms with Crippen molar-refractivity contribution in [1.29, 1.82) is 0 Å². The lowest BCUT2D eigenvalue weighted by Gasteiger charge is -2.43. The molecule has 0 radical (unpaired) electrons. The minimum atomic E-state index is -1.91. The Hall–Kier alpha value is -0.193. The van der Waals surface area contributed by atoms with Crippen molar-refractivity contribution in [3.8, 4) is 0 Å². The molecule has 3 nitrogen and oxygen atoms in total. The summed E-state index contributed by atoms with van der Waals surface area (Å²) >= 11 is 0. The van der Waals surface area contributed by atoms with Gasteiger partial charge in [0.1, 0.15) is 5.78 Å². The molecule has 0 saturated carbocycles. The Kier molecular flexibility index (Phi) is 7.73. The van der Waals surface area contributed by atoms with E-state index in [-0.39, 0.29) is 29.3 Å². The zero-order chi connectivity index (χ0) is 18.8. The Morgan fingerprint density at radius 3 is 1.78 bits per heavy atom. The third-order valence-corrected chi connectivity index (χ3v) is 9.72. The molecule has 0 heterocycles. The van der Waals surface area contributed by atoms with Crippen LogP contribution in [0.2, 0.25) is 18.1 Å². The maximum Gasteiger partial charge on any atom is 0.192 e. The predicted octanol–water partition coefficient (Wildman–Crippen LogP) is 5.04. The van der Waals surface area contributed by atoms with E-state index in [2.05, 4.69) is 47.7 Å². The second kappa shape index (κ2) is 7.79. The van der Waals surface area contributed by atoms with Crippen molar-refractivity contribution in [3.05, 3.63) is 0 Å². The second-order valence-corrected chi connectivity index (χ2v) is 14.6. The quantitative estimate of drug-likeness (QED) is 0.658. The first kappa shape index (κ1) is 22.8. The van der Waals surface area contributed by atoms with E-state index in [9.17, 15) is 9.90 Å². The fourth-order valence-electron chi connectivity index (χ4n) is 2.27. The van der Waals surface area contributed by atoms with E-state index in [1.165, 1.54) is 0 Å². The summed E-state index contributed by atoms with van der Waals surface area (Å²) in [6.45, 7) is 23.1. The first-order valence-electron chi connectivity index (χ1n) is 8.90. The summed E-state index contributed by atoms with van der Waals surface area (Å²) in [6.07, 6.45) is -0.480. The molecule has 0 rings (SSSR count). The number of carbonyl (C=O) groups is 1. The largest absolute Gasteiger partial charge is 0.413 e. The van der Waals surface area contributed by atoms with Crippen molar-refractivity contribution >= 4 is 14.1 Å². The van der Waals surface area contributed by atoms with E-state index in [4.69, 9.17) is 4.43 Å². The van der Waals surface area contributed by atoms with Gasteiger partial charge in [-0.3, -0.25) is 4.79 Å². The first-order valence-corrected chi connectivity index (χ1v) is 11.8. The van der Waals surface area contributed by atoms with Crippen molar-refractivity contribution in [2.75, 3.05) is 0 Å². The number of Topliss-reactive ketones (excluding diaryl/α,β-unsaturated/α-hetero) is 1. The van der Waals surface area contributed by atoms with E-state index in [0.29, 0.717) is 5.92 Å². The molecule has 0 saturated heterocycles. The third-order valence-electron chi connectivity index (χ3n) is 5.25. The zero-order valence-electron chi connectivity index (χ0n) is 17.3. The van der Waals surface area contributed by atoms with Gasteiger partial charge in [0.25, 0.3) is 0 Å². The number of rotatable bonds is 7. The number of carbonyl (C=O) groups excluding carboxylic acids is 1. The average Bonchev–Trinajstić information content (AvgIpc) is 2.32. The molecule has 0 amide bonds. The van der Waals surface area contributed by atoms with Gasteiger partial charge >= 0.3 is 0 Å². The van der Waals surface area contributed by atoms with Crippen LogP contribution in [-0.2, 0) is 9.22 Å². The van der Waals surface area contributed by atoms with Gasteiger partial charge < -0.3 is 9.53 Å². The molecule has 1 N–H and O–H groups in total. The van der Waals surface area contributed by atoms with Crippen LogP contribution in [-0.4, -0.2) is 31.4 Å². The van der Waals surface area contributed by atoms with Gasteiger partial charge in [0.05, 0.1) is 12.2 Å². The molecule has 0 aliphatic carbocycles. The molecule has 0 unspecified atom stereocenters. The van der Waals surface area contributed by atoms with Crippen LogP contribution in [0, 0.1) is 17.3 Å². The van der Waals surface area contributed by atoms with Crippen LogP contribution < -0.4 is 0 Å². The third kappa shape index (κ3) is 6.67. The van der Waals surface area contributed by atoms with Gasteiger partial charge in [0.2, 0.25) is 0 Å². The van der Waals surface area contributed by atoms with Crippen LogP contribution in [0.3, 0.4) is 0 Å². The van der Waals surface area contributed by atoms with Crippen LogP contribution in [0.25, 0.3) is 0 Å². The van der Waals surface area contributed by atoms with Gasteiger partial charge in [0.15, 0.2) is 8.32 Å². The summed E-state index contributed by atoms with van der Waals surface area (Å²) in [7, 11) is -1.91.